The summed E-state index contributed by atoms with van der Waals surface area (Å²) in [4.78, 5) is 0. The molecular formula is C4H12N2O2. The number of likely N-dealkylation sites (N-methyl/N-ethyl adjacent to an activating group) is 1. The Kier molecular flexibility index (Phi) is 4.89. The molecule has 3 N–H and O–H groups in total. The Morgan fingerprint density at radius 3 is 2.38 bits per heavy atom. The maximum absolute atomic E-state index is 8.31. The van der Waals surface area contributed by atoms with Gasteiger partial charge in [0.2, 0.25) is 0 Å². The van der Waals surface area contributed by atoms with Crippen LogP contribution in [0.15, 0.2) is 0 Å². The molecule has 0 radical (unpaired) electrons. The van der Waals surface area contributed by atoms with Gasteiger partial charge in [-0.15, -0.1) is 5.59 Å². The minimum absolute atomic E-state index is 0.0569. The summed E-state index contributed by atoms with van der Waals surface area (Å²) in [6.07, 6.45) is 0. The standard InChI is InChI=1S/C4H12N2O2/c1-2-6(5-8)3-4-7/h5,7-8H,2-4H2,1H3. The van der Waals surface area contributed by atoms with Crippen molar-refractivity contribution in [3.63, 3.8) is 0 Å². The number of nitrogens with one attached hydrogen (secondary N) is 1. The van der Waals surface area contributed by atoms with E-state index in [0.29, 0.717) is 13.1 Å². The van der Waals surface area contributed by atoms with Gasteiger partial charge >= 0.3 is 0 Å². The second-order valence-corrected chi connectivity index (χ2v) is 1.40. The van der Waals surface area contributed by atoms with Crippen LogP contribution in [-0.4, -0.2) is 35.0 Å². The normalized spacial score (nSPS) is 10.5. The Balaban J connectivity index is 3.07. The summed E-state index contributed by atoms with van der Waals surface area (Å²) >= 11 is 0. The van der Waals surface area contributed by atoms with E-state index < -0.39 is 0 Å². The van der Waals surface area contributed by atoms with Crippen LogP contribution in [0.1, 0.15) is 6.92 Å². The Morgan fingerprint density at radius 1 is 1.62 bits per heavy atom. The van der Waals surface area contributed by atoms with E-state index in [4.69, 9.17) is 10.3 Å². The fourth-order valence-electron chi connectivity index (χ4n) is 0.400. The summed E-state index contributed by atoms with van der Waals surface area (Å²) in [5.74, 6) is 0. The smallest absolute Gasteiger partial charge is 0.0573 e. The van der Waals surface area contributed by atoms with Crippen LogP contribution in [0.5, 0.6) is 0 Å². The van der Waals surface area contributed by atoms with Crippen molar-refractivity contribution in [3.05, 3.63) is 0 Å². The predicted octanol–water partition coefficient (Wildman–Crippen LogP) is -0.806. The first-order valence-electron chi connectivity index (χ1n) is 2.60. The molecule has 0 saturated heterocycles. The van der Waals surface area contributed by atoms with Crippen LogP contribution < -0.4 is 5.59 Å². The third-order valence-corrected chi connectivity index (χ3v) is 0.893. The van der Waals surface area contributed by atoms with Crippen molar-refractivity contribution >= 4 is 0 Å². The molecule has 0 amide bonds. The first-order chi connectivity index (χ1) is 3.85. The highest BCUT2D eigenvalue weighted by atomic mass is 16.5. The second kappa shape index (κ2) is 4.99. The third-order valence-electron chi connectivity index (χ3n) is 0.893. The molecule has 0 aliphatic carbocycles. The van der Waals surface area contributed by atoms with Gasteiger partial charge in [0, 0.05) is 13.1 Å². The predicted molar refractivity (Wildman–Crippen MR) is 29.3 cm³/mol. The summed E-state index contributed by atoms with van der Waals surface area (Å²) in [5.41, 5.74) is 1.93. The molecule has 0 aliphatic heterocycles. The van der Waals surface area contributed by atoms with E-state index in [1.807, 2.05) is 12.5 Å². The van der Waals surface area contributed by atoms with Crippen LogP contribution in [0.4, 0.5) is 0 Å². The molecule has 0 saturated carbocycles. The van der Waals surface area contributed by atoms with Gasteiger partial charge in [0.15, 0.2) is 0 Å². The summed E-state index contributed by atoms with van der Waals surface area (Å²) in [5, 5.41) is 18.0. The molecule has 0 aliphatic rings. The van der Waals surface area contributed by atoms with Crippen molar-refractivity contribution in [1.82, 2.24) is 10.6 Å². The van der Waals surface area contributed by atoms with Gasteiger partial charge < -0.3 is 10.3 Å². The fraction of sp³-hybridized carbons (Fsp3) is 1.00. The van der Waals surface area contributed by atoms with E-state index in [1.165, 1.54) is 5.01 Å². The van der Waals surface area contributed by atoms with Crippen molar-refractivity contribution in [3.8, 4) is 0 Å². The minimum Gasteiger partial charge on any atom is -0.395 e. The van der Waals surface area contributed by atoms with Gasteiger partial charge in [-0.1, -0.05) is 6.92 Å². The van der Waals surface area contributed by atoms with Gasteiger partial charge in [-0.25, -0.2) is 5.01 Å². The van der Waals surface area contributed by atoms with Crippen LogP contribution in [0.2, 0.25) is 0 Å². The van der Waals surface area contributed by atoms with E-state index in [-0.39, 0.29) is 6.61 Å². The second-order valence-electron chi connectivity index (χ2n) is 1.40. The molecule has 0 spiro atoms. The Hall–Kier alpha value is -0.160. The quantitative estimate of drug-likeness (QED) is 0.425. The molecule has 50 valence electrons. The van der Waals surface area contributed by atoms with Crippen molar-refractivity contribution < 1.29 is 10.3 Å². The molecular weight excluding hydrogens is 108 g/mol. The minimum atomic E-state index is 0.0569. The molecule has 0 aromatic carbocycles. The number of hydrogen-bond acceptors (Lipinski definition) is 4. The van der Waals surface area contributed by atoms with Crippen LogP contribution >= 0.6 is 0 Å². The number of hydrogen-bond donors (Lipinski definition) is 3. The highest BCUT2D eigenvalue weighted by Crippen LogP contribution is 1.75. The fourth-order valence-corrected chi connectivity index (χ4v) is 0.400. The summed E-state index contributed by atoms with van der Waals surface area (Å²) < 4.78 is 0. The number of hydrazine groups is 1. The molecule has 0 rings (SSSR count). The van der Waals surface area contributed by atoms with E-state index >= 15 is 0 Å². The highest BCUT2D eigenvalue weighted by molar-refractivity contribution is 4.39. The zero-order valence-corrected chi connectivity index (χ0v) is 4.96. The van der Waals surface area contributed by atoms with Gasteiger partial charge in [0.1, 0.15) is 0 Å². The van der Waals surface area contributed by atoms with Crippen LogP contribution in [0, 0.1) is 0 Å². The Bertz CT molecular complexity index is 47.3. The van der Waals surface area contributed by atoms with Gasteiger partial charge in [-0.05, 0) is 0 Å². The number of rotatable bonds is 4. The van der Waals surface area contributed by atoms with Crippen molar-refractivity contribution in [2.45, 2.75) is 6.92 Å². The maximum atomic E-state index is 8.31. The number of aliphatic hydroxyl groups excluding tert-OH is 1. The van der Waals surface area contributed by atoms with Gasteiger partial charge in [0.25, 0.3) is 0 Å². The average molecular weight is 120 g/mol. The first kappa shape index (κ1) is 7.84. The molecule has 0 unspecified atom stereocenters. The third kappa shape index (κ3) is 2.92. The zero-order valence-electron chi connectivity index (χ0n) is 4.96. The highest BCUT2D eigenvalue weighted by Gasteiger charge is 1.94. The Labute approximate surface area is 48.7 Å². The molecule has 0 bridgehead atoms. The molecule has 4 heteroatoms. The molecule has 4 nitrogen and oxygen atoms in total. The van der Waals surface area contributed by atoms with Crippen LogP contribution in [0.25, 0.3) is 0 Å². The molecule has 0 aromatic rings. The molecule has 8 heavy (non-hydrogen) atoms. The van der Waals surface area contributed by atoms with E-state index in [1.54, 1.807) is 0 Å². The lowest BCUT2D eigenvalue weighted by Crippen LogP contribution is -2.37. The molecule has 0 atom stereocenters. The van der Waals surface area contributed by atoms with E-state index in [2.05, 4.69) is 0 Å². The molecule has 0 fully saturated rings. The first-order valence-corrected chi connectivity index (χ1v) is 2.60. The Morgan fingerprint density at radius 2 is 2.25 bits per heavy atom. The summed E-state index contributed by atoms with van der Waals surface area (Å²) in [6.45, 7) is 3.06. The lowest BCUT2D eigenvalue weighted by Gasteiger charge is -2.14. The van der Waals surface area contributed by atoms with Crippen molar-refractivity contribution in [2.24, 2.45) is 0 Å². The van der Waals surface area contributed by atoms with Gasteiger partial charge in [0.05, 0.1) is 6.61 Å². The summed E-state index contributed by atoms with van der Waals surface area (Å²) in [6, 6.07) is 0. The molecule has 0 heterocycles. The lowest BCUT2D eigenvalue weighted by molar-refractivity contribution is -0.0245. The van der Waals surface area contributed by atoms with E-state index in [0.717, 1.165) is 0 Å². The van der Waals surface area contributed by atoms with Crippen molar-refractivity contribution in [2.75, 3.05) is 19.7 Å². The summed E-state index contributed by atoms with van der Waals surface area (Å²) in [7, 11) is 0. The topological polar surface area (TPSA) is 55.7 Å². The SMILES string of the molecule is CCN(CCO)NO. The zero-order chi connectivity index (χ0) is 6.41. The number of aliphatic hydroxyl groups is 1. The van der Waals surface area contributed by atoms with Gasteiger partial charge in [-0.2, -0.15) is 0 Å². The average Bonchev–Trinajstić information content (AvgIpc) is 1.83. The van der Waals surface area contributed by atoms with E-state index in [9.17, 15) is 0 Å². The monoisotopic (exact) mass is 120 g/mol. The van der Waals surface area contributed by atoms with Gasteiger partial charge in [-0.3, -0.25) is 0 Å². The largest absolute Gasteiger partial charge is 0.395 e. The lowest BCUT2D eigenvalue weighted by atomic mass is 10.6. The maximum Gasteiger partial charge on any atom is 0.0573 e. The number of nitrogens with zero attached hydrogens (tertiary/aromatic N) is 1. The van der Waals surface area contributed by atoms with Crippen LogP contribution in [0.3, 0.4) is 0 Å². The van der Waals surface area contributed by atoms with Crippen LogP contribution in [-0.2, 0) is 0 Å². The molecule has 0 aromatic heterocycles. The van der Waals surface area contributed by atoms with Crippen molar-refractivity contribution in [1.29, 1.82) is 0 Å².